The summed E-state index contributed by atoms with van der Waals surface area (Å²) in [7, 11) is 0. The molecule has 0 bridgehead atoms. The van der Waals surface area contributed by atoms with Gasteiger partial charge in [0.15, 0.2) is 0 Å². The van der Waals surface area contributed by atoms with Crippen LogP contribution in [0, 0.1) is 11.7 Å². The van der Waals surface area contributed by atoms with Crippen LogP contribution >= 0.6 is 11.3 Å². The number of aryl methyl sites for hydroxylation is 1. The summed E-state index contributed by atoms with van der Waals surface area (Å²) in [5, 5.41) is 0. The Balaban J connectivity index is 1.56. The summed E-state index contributed by atoms with van der Waals surface area (Å²) in [6.45, 7) is 2.21. The van der Waals surface area contributed by atoms with Gasteiger partial charge in [0, 0.05) is 4.88 Å². The first-order valence-corrected chi connectivity index (χ1v) is 8.78. The first-order valence-electron chi connectivity index (χ1n) is 7.97. The molecule has 1 aliphatic carbocycles. The minimum Gasteiger partial charge on any atom is -0.273 e. The van der Waals surface area contributed by atoms with E-state index in [1.807, 2.05) is 6.07 Å². The largest absolute Gasteiger partial charge is 0.279 e. The maximum absolute atomic E-state index is 13.5. The van der Waals surface area contributed by atoms with Crippen LogP contribution in [0.15, 0.2) is 30.3 Å². The van der Waals surface area contributed by atoms with E-state index in [0.29, 0.717) is 16.4 Å². The SMILES string of the molecule is C[C@@H]1CCc2sc(C(=O)NNC(=O)Cc3ccccc3F)cc2C1. The Labute approximate surface area is 144 Å². The molecule has 0 saturated heterocycles. The minimum atomic E-state index is -0.455. The highest BCUT2D eigenvalue weighted by atomic mass is 32.1. The van der Waals surface area contributed by atoms with E-state index < -0.39 is 11.7 Å². The highest BCUT2D eigenvalue weighted by molar-refractivity contribution is 7.14. The van der Waals surface area contributed by atoms with Gasteiger partial charge in [0.2, 0.25) is 5.91 Å². The van der Waals surface area contributed by atoms with E-state index in [9.17, 15) is 14.0 Å². The predicted octanol–water partition coefficient (Wildman–Crippen LogP) is 3.02. The molecule has 0 saturated carbocycles. The number of amides is 2. The van der Waals surface area contributed by atoms with Crippen molar-refractivity contribution in [2.75, 3.05) is 0 Å². The zero-order valence-electron chi connectivity index (χ0n) is 13.4. The molecule has 2 N–H and O–H groups in total. The molecule has 1 aromatic carbocycles. The number of hydrogen-bond acceptors (Lipinski definition) is 3. The van der Waals surface area contributed by atoms with Crippen LogP contribution in [-0.4, -0.2) is 11.8 Å². The van der Waals surface area contributed by atoms with Crippen LogP contribution in [-0.2, 0) is 24.1 Å². The van der Waals surface area contributed by atoms with Crippen molar-refractivity contribution >= 4 is 23.2 Å². The predicted molar refractivity (Wildman–Crippen MR) is 91.2 cm³/mol. The fourth-order valence-electron chi connectivity index (χ4n) is 2.86. The monoisotopic (exact) mass is 346 g/mol. The molecule has 0 aliphatic heterocycles. The molecule has 0 fully saturated rings. The number of nitrogens with one attached hydrogen (secondary N) is 2. The number of fused-ring (bicyclic) bond motifs is 1. The van der Waals surface area contributed by atoms with Crippen LogP contribution in [0.25, 0.3) is 0 Å². The summed E-state index contributed by atoms with van der Waals surface area (Å²) < 4.78 is 13.5. The van der Waals surface area contributed by atoms with Crippen molar-refractivity contribution in [1.29, 1.82) is 0 Å². The molecule has 4 nitrogen and oxygen atoms in total. The van der Waals surface area contributed by atoms with E-state index >= 15 is 0 Å². The molecule has 2 aromatic rings. The molecule has 0 spiro atoms. The number of rotatable bonds is 3. The normalized spacial score (nSPS) is 16.3. The van der Waals surface area contributed by atoms with Crippen molar-refractivity contribution in [1.82, 2.24) is 10.9 Å². The number of benzene rings is 1. The maximum atomic E-state index is 13.5. The summed E-state index contributed by atoms with van der Waals surface area (Å²) in [5.41, 5.74) is 6.29. The number of halogens is 1. The van der Waals surface area contributed by atoms with Gasteiger partial charge >= 0.3 is 0 Å². The fourth-order valence-corrected chi connectivity index (χ4v) is 3.97. The molecule has 126 valence electrons. The Bertz CT molecular complexity index is 772. The van der Waals surface area contributed by atoms with Gasteiger partial charge in [0.25, 0.3) is 5.91 Å². The average Bonchev–Trinajstić information content (AvgIpc) is 2.98. The summed E-state index contributed by atoms with van der Waals surface area (Å²) in [6.07, 6.45) is 3.03. The van der Waals surface area contributed by atoms with Crippen LogP contribution in [0.1, 0.15) is 39.0 Å². The topological polar surface area (TPSA) is 58.2 Å². The first-order chi connectivity index (χ1) is 11.5. The second-order valence-electron chi connectivity index (χ2n) is 6.18. The van der Waals surface area contributed by atoms with Gasteiger partial charge in [-0.15, -0.1) is 11.3 Å². The summed E-state index contributed by atoms with van der Waals surface area (Å²) in [5.74, 6) is -0.574. The number of hydrogen-bond donors (Lipinski definition) is 2. The van der Waals surface area contributed by atoms with Gasteiger partial charge in [-0.05, 0) is 48.4 Å². The average molecular weight is 346 g/mol. The molecule has 1 atom stereocenters. The lowest BCUT2D eigenvalue weighted by Gasteiger charge is -2.16. The van der Waals surface area contributed by atoms with E-state index in [2.05, 4.69) is 17.8 Å². The molecule has 0 unspecified atom stereocenters. The summed E-state index contributed by atoms with van der Waals surface area (Å²) >= 11 is 1.48. The Hall–Kier alpha value is -2.21. The molecule has 1 aromatic heterocycles. The molecule has 2 amide bonds. The van der Waals surface area contributed by atoms with Crippen LogP contribution in [0.4, 0.5) is 4.39 Å². The number of carbonyl (C=O) groups is 2. The molecule has 1 heterocycles. The zero-order chi connectivity index (χ0) is 17.1. The maximum Gasteiger partial charge on any atom is 0.279 e. The van der Waals surface area contributed by atoms with E-state index in [1.54, 1.807) is 18.2 Å². The van der Waals surface area contributed by atoms with Crippen molar-refractivity contribution in [3.05, 3.63) is 57.0 Å². The van der Waals surface area contributed by atoms with Gasteiger partial charge < -0.3 is 0 Å². The lowest BCUT2D eigenvalue weighted by Crippen LogP contribution is -2.42. The van der Waals surface area contributed by atoms with E-state index in [4.69, 9.17) is 0 Å². The number of thiophene rings is 1. The zero-order valence-corrected chi connectivity index (χ0v) is 14.2. The Morgan fingerprint density at radius 1 is 1.29 bits per heavy atom. The van der Waals surface area contributed by atoms with Gasteiger partial charge in [-0.2, -0.15) is 0 Å². The third-order valence-corrected chi connectivity index (χ3v) is 5.41. The molecule has 6 heteroatoms. The summed E-state index contributed by atoms with van der Waals surface area (Å²) in [4.78, 5) is 25.9. The second kappa shape index (κ2) is 7.13. The summed E-state index contributed by atoms with van der Waals surface area (Å²) in [6, 6.07) is 8.00. The standard InChI is InChI=1S/C18H19FN2O2S/c1-11-6-7-15-13(8-11)9-16(24-15)18(23)21-20-17(22)10-12-4-2-3-5-14(12)19/h2-5,9,11H,6-8,10H2,1H3,(H,20,22)(H,21,23)/t11-/m1/s1. The second-order valence-corrected chi connectivity index (χ2v) is 7.31. The van der Waals surface area contributed by atoms with Crippen molar-refractivity contribution < 1.29 is 14.0 Å². The Morgan fingerprint density at radius 2 is 2.08 bits per heavy atom. The smallest absolute Gasteiger partial charge is 0.273 e. The number of hydrazine groups is 1. The van der Waals surface area contributed by atoms with Gasteiger partial charge in [-0.1, -0.05) is 25.1 Å². The van der Waals surface area contributed by atoms with Crippen LogP contribution in [0.5, 0.6) is 0 Å². The Kier molecular flexibility index (Phi) is 4.94. The fraction of sp³-hybridized carbons (Fsp3) is 0.333. The van der Waals surface area contributed by atoms with E-state index in [0.717, 1.165) is 19.3 Å². The molecule has 24 heavy (non-hydrogen) atoms. The van der Waals surface area contributed by atoms with Crippen LogP contribution < -0.4 is 10.9 Å². The highest BCUT2D eigenvalue weighted by Gasteiger charge is 2.21. The first kappa shape index (κ1) is 16.6. The van der Waals surface area contributed by atoms with E-state index in [1.165, 1.54) is 27.8 Å². The minimum absolute atomic E-state index is 0.120. The molecule has 0 radical (unpaired) electrons. The van der Waals surface area contributed by atoms with Crippen LogP contribution in [0.3, 0.4) is 0 Å². The lowest BCUT2D eigenvalue weighted by atomic mass is 9.90. The van der Waals surface area contributed by atoms with Crippen LogP contribution in [0.2, 0.25) is 0 Å². The molecule has 1 aliphatic rings. The van der Waals surface area contributed by atoms with Crippen molar-refractivity contribution in [3.8, 4) is 0 Å². The molecule has 3 rings (SSSR count). The van der Waals surface area contributed by atoms with E-state index in [-0.39, 0.29) is 12.3 Å². The molecular weight excluding hydrogens is 327 g/mol. The van der Waals surface area contributed by atoms with Gasteiger partial charge in [0.05, 0.1) is 11.3 Å². The highest BCUT2D eigenvalue weighted by Crippen LogP contribution is 2.32. The van der Waals surface area contributed by atoms with Crippen molar-refractivity contribution in [2.45, 2.75) is 32.6 Å². The number of carbonyl (C=O) groups excluding carboxylic acids is 2. The van der Waals surface area contributed by atoms with Crippen molar-refractivity contribution in [3.63, 3.8) is 0 Å². The van der Waals surface area contributed by atoms with Crippen molar-refractivity contribution in [2.24, 2.45) is 5.92 Å². The third-order valence-electron chi connectivity index (χ3n) is 4.18. The molecular formula is C18H19FN2O2S. The Morgan fingerprint density at radius 3 is 2.88 bits per heavy atom. The lowest BCUT2D eigenvalue weighted by molar-refractivity contribution is -0.121. The van der Waals surface area contributed by atoms with Gasteiger partial charge in [-0.25, -0.2) is 4.39 Å². The quantitative estimate of drug-likeness (QED) is 0.840. The third kappa shape index (κ3) is 3.82. The van der Waals surface area contributed by atoms with Gasteiger partial charge in [0.1, 0.15) is 5.82 Å². The van der Waals surface area contributed by atoms with Gasteiger partial charge in [-0.3, -0.25) is 20.4 Å².